The van der Waals surface area contributed by atoms with Crippen molar-refractivity contribution in [2.75, 3.05) is 18.0 Å². The first-order valence-corrected chi connectivity index (χ1v) is 10.3. The molecule has 2 rings (SSSR count). The van der Waals surface area contributed by atoms with Gasteiger partial charge >= 0.3 is 0 Å². The maximum absolute atomic E-state index is 13.4. The van der Waals surface area contributed by atoms with E-state index >= 15 is 0 Å². The van der Waals surface area contributed by atoms with Gasteiger partial charge in [0.25, 0.3) is 10.0 Å². The van der Waals surface area contributed by atoms with Crippen LogP contribution in [0.5, 0.6) is 5.75 Å². The van der Waals surface area contributed by atoms with Gasteiger partial charge in [0.2, 0.25) is 5.91 Å². The number of methoxy groups -OCH3 is 1. The van der Waals surface area contributed by atoms with Gasteiger partial charge in [-0.3, -0.25) is 9.10 Å². The van der Waals surface area contributed by atoms with Crippen LogP contribution in [0.1, 0.15) is 25.8 Å². The molecule has 0 aliphatic carbocycles. The summed E-state index contributed by atoms with van der Waals surface area (Å²) in [4.78, 5) is 12.5. The van der Waals surface area contributed by atoms with Gasteiger partial charge < -0.3 is 10.1 Å². The van der Waals surface area contributed by atoms with Crippen molar-refractivity contribution >= 4 is 21.6 Å². The number of sulfonamides is 1. The lowest BCUT2D eigenvalue weighted by molar-refractivity contribution is -0.120. The summed E-state index contributed by atoms with van der Waals surface area (Å²) in [5.41, 5.74) is 1.20. The second-order valence-electron chi connectivity index (χ2n) is 6.38. The summed E-state index contributed by atoms with van der Waals surface area (Å²) >= 11 is 0. The number of amides is 1. The van der Waals surface area contributed by atoms with Crippen molar-refractivity contribution in [3.8, 4) is 5.75 Å². The SMILES string of the molecule is CC[C@@H](C)NC(=O)CN(c1ccccc1)S(=O)(=O)c1cc(C)ccc1OC. The van der Waals surface area contributed by atoms with Gasteiger partial charge in [-0.1, -0.05) is 31.2 Å². The van der Waals surface area contributed by atoms with Gasteiger partial charge in [-0.25, -0.2) is 8.42 Å². The summed E-state index contributed by atoms with van der Waals surface area (Å²) < 4.78 is 33.2. The third-order valence-corrected chi connectivity index (χ3v) is 6.03. The van der Waals surface area contributed by atoms with Gasteiger partial charge in [-0.05, 0) is 50.1 Å². The number of carbonyl (C=O) groups is 1. The fourth-order valence-corrected chi connectivity index (χ4v) is 4.23. The Labute approximate surface area is 161 Å². The van der Waals surface area contributed by atoms with E-state index in [4.69, 9.17) is 4.74 Å². The van der Waals surface area contributed by atoms with Crippen LogP contribution >= 0.6 is 0 Å². The lowest BCUT2D eigenvalue weighted by atomic mass is 10.2. The highest BCUT2D eigenvalue weighted by Crippen LogP contribution is 2.30. The zero-order valence-corrected chi connectivity index (χ0v) is 16.9. The smallest absolute Gasteiger partial charge is 0.268 e. The molecule has 0 bridgehead atoms. The van der Waals surface area contributed by atoms with Gasteiger partial charge in [-0.15, -0.1) is 0 Å². The van der Waals surface area contributed by atoms with Crippen LogP contribution in [0, 0.1) is 6.92 Å². The Morgan fingerprint density at radius 1 is 1.19 bits per heavy atom. The average molecular weight is 391 g/mol. The highest BCUT2D eigenvalue weighted by molar-refractivity contribution is 7.93. The molecule has 0 spiro atoms. The molecule has 0 aliphatic rings. The van der Waals surface area contributed by atoms with Crippen LogP contribution in [0.25, 0.3) is 0 Å². The summed E-state index contributed by atoms with van der Waals surface area (Å²) in [6.07, 6.45) is 0.759. The molecule has 1 N–H and O–H groups in total. The van der Waals surface area contributed by atoms with Crippen LogP contribution in [0.4, 0.5) is 5.69 Å². The van der Waals surface area contributed by atoms with Crippen LogP contribution in [0.2, 0.25) is 0 Å². The Morgan fingerprint density at radius 3 is 2.44 bits per heavy atom. The minimum atomic E-state index is -4.01. The Hall–Kier alpha value is -2.54. The number of para-hydroxylation sites is 1. The zero-order valence-electron chi connectivity index (χ0n) is 16.1. The predicted molar refractivity (Wildman–Crippen MR) is 107 cm³/mol. The summed E-state index contributed by atoms with van der Waals surface area (Å²) in [6, 6.07) is 13.5. The molecule has 0 aliphatic heterocycles. The molecule has 27 heavy (non-hydrogen) atoms. The second kappa shape index (κ2) is 8.90. The Bertz CT molecular complexity index is 882. The number of aryl methyl sites for hydroxylation is 1. The van der Waals surface area contributed by atoms with E-state index in [2.05, 4.69) is 5.32 Å². The van der Waals surface area contributed by atoms with Crippen molar-refractivity contribution < 1.29 is 17.9 Å². The number of benzene rings is 2. The standard InChI is InChI=1S/C20H26N2O4S/c1-5-16(3)21-20(23)14-22(17-9-7-6-8-10-17)27(24,25)19-13-15(2)11-12-18(19)26-4/h6-13,16H,5,14H2,1-4H3,(H,21,23)/t16-/m1/s1. The van der Waals surface area contributed by atoms with E-state index in [1.807, 2.05) is 13.8 Å². The lowest BCUT2D eigenvalue weighted by Crippen LogP contribution is -2.43. The van der Waals surface area contributed by atoms with Crippen LogP contribution in [-0.4, -0.2) is 34.0 Å². The third-order valence-electron chi connectivity index (χ3n) is 4.24. The monoisotopic (exact) mass is 390 g/mol. The maximum Gasteiger partial charge on any atom is 0.268 e. The van der Waals surface area contributed by atoms with Gasteiger partial charge in [0, 0.05) is 6.04 Å². The maximum atomic E-state index is 13.4. The second-order valence-corrected chi connectivity index (χ2v) is 8.21. The first kappa shape index (κ1) is 20.8. The van der Waals surface area contributed by atoms with E-state index in [0.717, 1.165) is 16.3 Å². The molecule has 2 aromatic rings. The Morgan fingerprint density at radius 2 is 1.85 bits per heavy atom. The van der Waals surface area contributed by atoms with Crippen molar-refractivity contribution in [1.82, 2.24) is 5.32 Å². The van der Waals surface area contributed by atoms with Gasteiger partial charge in [-0.2, -0.15) is 0 Å². The quantitative estimate of drug-likeness (QED) is 0.751. The number of carbonyl (C=O) groups excluding carboxylic acids is 1. The topological polar surface area (TPSA) is 75.7 Å². The zero-order chi connectivity index (χ0) is 20.0. The number of hydrogen-bond acceptors (Lipinski definition) is 4. The van der Waals surface area contributed by atoms with Gasteiger partial charge in [0.05, 0.1) is 12.8 Å². The van der Waals surface area contributed by atoms with Crippen molar-refractivity contribution in [3.05, 3.63) is 54.1 Å². The predicted octanol–water partition coefficient (Wildman–Crippen LogP) is 3.11. The molecule has 146 valence electrons. The van der Waals surface area contributed by atoms with Crippen molar-refractivity contribution in [3.63, 3.8) is 0 Å². The molecule has 0 aromatic heterocycles. The van der Waals surface area contributed by atoms with E-state index < -0.39 is 10.0 Å². The molecule has 0 radical (unpaired) electrons. The summed E-state index contributed by atoms with van der Waals surface area (Å²) in [6.45, 7) is 5.33. The summed E-state index contributed by atoms with van der Waals surface area (Å²) in [5, 5.41) is 2.82. The van der Waals surface area contributed by atoms with Crippen molar-refractivity contribution in [1.29, 1.82) is 0 Å². The van der Waals surface area contributed by atoms with Crippen LogP contribution in [-0.2, 0) is 14.8 Å². The van der Waals surface area contributed by atoms with Crippen LogP contribution < -0.4 is 14.4 Å². The molecule has 0 heterocycles. The molecule has 7 heteroatoms. The number of ether oxygens (including phenoxy) is 1. The molecule has 2 aromatic carbocycles. The minimum absolute atomic E-state index is 0.0326. The molecule has 0 saturated carbocycles. The number of hydrogen-bond donors (Lipinski definition) is 1. The number of nitrogens with one attached hydrogen (secondary N) is 1. The average Bonchev–Trinajstić information content (AvgIpc) is 2.66. The fourth-order valence-electron chi connectivity index (χ4n) is 2.57. The van der Waals surface area contributed by atoms with E-state index in [0.29, 0.717) is 5.69 Å². The fraction of sp³-hybridized carbons (Fsp3) is 0.350. The van der Waals surface area contributed by atoms with Crippen molar-refractivity contribution in [2.24, 2.45) is 0 Å². The molecule has 0 fully saturated rings. The largest absolute Gasteiger partial charge is 0.495 e. The molecular weight excluding hydrogens is 364 g/mol. The number of anilines is 1. The normalized spacial score (nSPS) is 12.3. The molecule has 1 amide bonds. The van der Waals surface area contributed by atoms with E-state index in [9.17, 15) is 13.2 Å². The van der Waals surface area contributed by atoms with Gasteiger partial charge in [0.1, 0.15) is 17.2 Å². The number of nitrogens with zero attached hydrogens (tertiary/aromatic N) is 1. The van der Waals surface area contributed by atoms with E-state index in [-0.39, 0.29) is 29.1 Å². The van der Waals surface area contributed by atoms with E-state index in [1.54, 1.807) is 55.5 Å². The highest BCUT2D eigenvalue weighted by Gasteiger charge is 2.30. The molecular formula is C20H26N2O4S. The minimum Gasteiger partial charge on any atom is -0.495 e. The third kappa shape index (κ3) is 5.01. The molecule has 0 unspecified atom stereocenters. The first-order valence-electron chi connectivity index (χ1n) is 8.81. The molecule has 0 saturated heterocycles. The highest BCUT2D eigenvalue weighted by atomic mass is 32.2. The van der Waals surface area contributed by atoms with Crippen molar-refractivity contribution in [2.45, 2.75) is 38.1 Å². The van der Waals surface area contributed by atoms with Gasteiger partial charge in [0.15, 0.2) is 0 Å². The Balaban J connectivity index is 2.50. The van der Waals surface area contributed by atoms with E-state index in [1.165, 1.54) is 7.11 Å². The summed E-state index contributed by atoms with van der Waals surface area (Å²) in [5.74, 6) is -0.118. The molecule has 6 nitrogen and oxygen atoms in total. The van der Waals surface area contributed by atoms with Crippen LogP contribution in [0.3, 0.4) is 0 Å². The lowest BCUT2D eigenvalue weighted by Gasteiger charge is -2.25. The Kier molecular flexibility index (Phi) is 6.85. The first-order chi connectivity index (χ1) is 12.8. The summed E-state index contributed by atoms with van der Waals surface area (Å²) in [7, 11) is -2.59. The van der Waals surface area contributed by atoms with Crippen LogP contribution in [0.15, 0.2) is 53.4 Å². The molecule has 1 atom stereocenters. The number of rotatable bonds is 8.